The molecule has 3 aromatic heterocycles. The Bertz CT molecular complexity index is 986. The summed E-state index contributed by atoms with van der Waals surface area (Å²) in [6.45, 7) is 2.18. The van der Waals surface area contributed by atoms with Gasteiger partial charge in [0.1, 0.15) is 4.83 Å². The van der Waals surface area contributed by atoms with E-state index < -0.39 is 0 Å². The third kappa shape index (κ3) is 2.86. The highest BCUT2D eigenvalue weighted by Gasteiger charge is 2.18. The van der Waals surface area contributed by atoms with Crippen LogP contribution in [0, 0.1) is 0 Å². The number of rotatable bonds is 4. The number of pyridine rings is 1. The summed E-state index contributed by atoms with van der Waals surface area (Å²) < 4.78 is 0. The van der Waals surface area contributed by atoms with Gasteiger partial charge in [0.25, 0.3) is 0 Å². The van der Waals surface area contributed by atoms with Crippen LogP contribution in [-0.4, -0.2) is 9.97 Å². The Kier molecular flexibility index (Phi) is 4.35. The number of fused-ring (bicyclic) bond motifs is 1. The van der Waals surface area contributed by atoms with Gasteiger partial charge in [-0.15, -0.1) is 22.7 Å². The van der Waals surface area contributed by atoms with E-state index in [4.69, 9.17) is 16.6 Å². The van der Waals surface area contributed by atoms with Crippen LogP contribution in [0.2, 0.25) is 5.02 Å². The van der Waals surface area contributed by atoms with E-state index in [9.17, 15) is 0 Å². The molecular formula is C19H15ClN2S2. The van der Waals surface area contributed by atoms with Gasteiger partial charge in [0.2, 0.25) is 0 Å². The molecule has 2 nitrogen and oxygen atoms in total. The molecule has 0 saturated heterocycles. The maximum Gasteiger partial charge on any atom is 0.124 e. The fourth-order valence-corrected chi connectivity index (χ4v) is 4.98. The highest BCUT2D eigenvalue weighted by molar-refractivity contribution is 7.22. The molecule has 4 aromatic rings. The highest BCUT2D eigenvalue weighted by atomic mass is 35.5. The van der Waals surface area contributed by atoms with Crippen LogP contribution in [0.25, 0.3) is 31.9 Å². The van der Waals surface area contributed by atoms with Gasteiger partial charge in [-0.2, -0.15) is 0 Å². The molecule has 0 amide bonds. The molecule has 0 unspecified atom stereocenters. The van der Waals surface area contributed by atoms with E-state index in [-0.39, 0.29) is 0 Å². The van der Waals surface area contributed by atoms with Gasteiger partial charge in [0, 0.05) is 27.5 Å². The number of hydrogen-bond donors (Lipinski definition) is 0. The molecule has 0 saturated carbocycles. The van der Waals surface area contributed by atoms with Gasteiger partial charge in [-0.25, -0.2) is 9.97 Å². The third-order valence-corrected chi connectivity index (χ3v) is 6.14. The Labute approximate surface area is 153 Å². The summed E-state index contributed by atoms with van der Waals surface area (Å²) in [5.41, 5.74) is 3.41. The second-order valence-corrected chi connectivity index (χ2v) is 7.92. The van der Waals surface area contributed by atoms with E-state index in [1.807, 2.05) is 24.4 Å². The molecule has 0 atom stereocenters. The van der Waals surface area contributed by atoms with Gasteiger partial charge in [0.05, 0.1) is 15.6 Å². The molecule has 0 N–H and O–H groups in total. The maximum atomic E-state index is 6.07. The van der Waals surface area contributed by atoms with Gasteiger partial charge in [-0.05, 0) is 42.7 Å². The molecular weight excluding hydrogens is 356 g/mol. The molecule has 4 rings (SSSR count). The van der Waals surface area contributed by atoms with E-state index in [1.165, 1.54) is 20.8 Å². The average Bonchev–Trinajstić information content (AvgIpc) is 3.20. The number of aromatic nitrogens is 2. The Morgan fingerprint density at radius 1 is 1.12 bits per heavy atom. The first-order valence-corrected chi connectivity index (χ1v) is 9.92. The van der Waals surface area contributed by atoms with Gasteiger partial charge < -0.3 is 0 Å². The summed E-state index contributed by atoms with van der Waals surface area (Å²) in [5, 5.41) is 5.27. The van der Waals surface area contributed by atoms with Crippen molar-refractivity contribution in [1.29, 1.82) is 0 Å². The quantitative estimate of drug-likeness (QED) is 0.399. The van der Waals surface area contributed by atoms with Gasteiger partial charge >= 0.3 is 0 Å². The predicted molar refractivity (Wildman–Crippen MR) is 105 cm³/mol. The lowest BCUT2D eigenvalue weighted by Crippen LogP contribution is -1.83. The first-order chi connectivity index (χ1) is 11.8. The van der Waals surface area contributed by atoms with Crippen LogP contribution in [0.1, 0.15) is 18.4 Å². The van der Waals surface area contributed by atoms with Crippen LogP contribution >= 0.6 is 34.3 Å². The van der Waals surface area contributed by atoms with Crippen molar-refractivity contribution >= 4 is 44.5 Å². The van der Waals surface area contributed by atoms with Crippen LogP contribution in [0.3, 0.4) is 0 Å². The SMILES string of the molecule is CCCc1nc(-c2sc3ncccc3c2-c2ccc(Cl)cc2)cs1. The highest BCUT2D eigenvalue weighted by Crippen LogP contribution is 2.44. The molecule has 0 spiro atoms. The predicted octanol–water partition coefficient (Wildman–Crippen LogP) is 6.69. The first-order valence-electron chi connectivity index (χ1n) is 7.84. The number of thiazole rings is 1. The number of halogens is 1. The third-order valence-electron chi connectivity index (χ3n) is 3.85. The van der Waals surface area contributed by atoms with Gasteiger partial charge in [-0.1, -0.05) is 30.7 Å². The second kappa shape index (κ2) is 6.63. The van der Waals surface area contributed by atoms with Gasteiger partial charge in [0.15, 0.2) is 0 Å². The Balaban J connectivity index is 1.93. The Hall–Kier alpha value is -1.75. The van der Waals surface area contributed by atoms with Crippen LogP contribution in [0.5, 0.6) is 0 Å². The molecule has 1 aromatic carbocycles. The lowest BCUT2D eigenvalue weighted by Gasteiger charge is -2.04. The number of nitrogens with zero attached hydrogens (tertiary/aromatic N) is 2. The van der Waals surface area contributed by atoms with E-state index in [0.29, 0.717) is 0 Å². The zero-order valence-electron chi connectivity index (χ0n) is 13.1. The molecule has 3 heterocycles. The molecule has 5 heteroatoms. The molecule has 0 aliphatic carbocycles. The summed E-state index contributed by atoms with van der Waals surface area (Å²) in [4.78, 5) is 11.6. The van der Waals surface area contributed by atoms with E-state index >= 15 is 0 Å². The summed E-state index contributed by atoms with van der Waals surface area (Å²) in [6, 6.07) is 12.1. The smallest absolute Gasteiger partial charge is 0.124 e. The van der Waals surface area contributed by atoms with Crippen LogP contribution in [-0.2, 0) is 6.42 Å². The number of thiophene rings is 1. The topological polar surface area (TPSA) is 25.8 Å². The largest absolute Gasteiger partial charge is 0.245 e. The van der Waals surface area contributed by atoms with E-state index in [1.54, 1.807) is 22.7 Å². The number of hydrogen-bond acceptors (Lipinski definition) is 4. The minimum Gasteiger partial charge on any atom is -0.245 e. The summed E-state index contributed by atoms with van der Waals surface area (Å²) in [7, 11) is 0. The maximum absolute atomic E-state index is 6.07. The van der Waals surface area contributed by atoms with Crippen molar-refractivity contribution in [1.82, 2.24) is 9.97 Å². The summed E-state index contributed by atoms with van der Waals surface area (Å²) >= 11 is 9.51. The standard InChI is InChI=1S/C19H15ClN2S2/c1-2-4-16-22-15(11-23-16)18-17(12-6-8-13(20)9-7-12)14-5-3-10-21-19(14)24-18/h3,5-11H,2,4H2,1H3. The summed E-state index contributed by atoms with van der Waals surface area (Å²) in [6.07, 6.45) is 3.99. The van der Waals surface area contributed by atoms with Crippen molar-refractivity contribution in [2.75, 3.05) is 0 Å². The normalized spacial score (nSPS) is 11.2. The molecule has 0 aliphatic rings. The first kappa shape index (κ1) is 15.8. The molecule has 0 aliphatic heterocycles. The van der Waals surface area contributed by atoms with Crippen molar-refractivity contribution in [3.8, 4) is 21.7 Å². The zero-order valence-corrected chi connectivity index (χ0v) is 15.5. The molecule has 120 valence electrons. The fourth-order valence-electron chi connectivity index (χ4n) is 2.76. The van der Waals surface area contributed by atoms with Crippen LogP contribution in [0.4, 0.5) is 0 Å². The molecule has 0 fully saturated rings. The minimum absolute atomic E-state index is 0.747. The minimum atomic E-state index is 0.747. The van der Waals surface area contributed by atoms with Crippen molar-refractivity contribution in [3.63, 3.8) is 0 Å². The van der Waals surface area contributed by atoms with Crippen LogP contribution < -0.4 is 0 Å². The van der Waals surface area contributed by atoms with Crippen molar-refractivity contribution in [3.05, 3.63) is 58.0 Å². The lowest BCUT2D eigenvalue weighted by atomic mass is 10.0. The van der Waals surface area contributed by atoms with Gasteiger partial charge in [-0.3, -0.25) is 0 Å². The zero-order chi connectivity index (χ0) is 16.5. The van der Waals surface area contributed by atoms with Crippen molar-refractivity contribution in [2.24, 2.45) is 0 Å². The van der Waals surface area contributed by atoms with E-state index in [2.05, 4.69) is 35.5 Å². The summed E-state index contributed by atoms with van der Waals surface area (Å²) in [5.74, 6) is 0. The molecule has 0 bridgehead atoms. The molecule has 24 heavy (non-hydrogen) atoms. The monoisotopic (exact) mass is 370 g/mol. The Morgan fingerprint density at radius 3 is 2.75 bits per heavy atom. The lowest BCUT2D eigenvalue weighted by molar-refractivity contribution is 0.910. The Morgan fingerprint density at radius 2 is 1.96 bits per heavy atom. The van der Waals surface area contributed by atoms with Crippen molar-refractivity contribution in [2.45, 2.75) is 19.8 Å². The van der Waals surface area contributed by atoms with E-state index in [0.717, 1.165) is 34.0 Å². The molecule has 0 radical (unpaired) electrons. The fraction of sp³-hybridized carbons (Fsp3) is 0.158. The average molecular weight is 371 g/mol. The number of aryl methyl sites for hydroxylation is 1. The second-order valence-electron chi connectivity index (χ2n) is 5.55. The van der Waals surface area contributed by atoms with Crippen molar-refractivity contribution < 1.29 is 0 Å². The van der Waals surface area contributed by atoms with Crippen LogP contribution in [0.15, 0.2) is 48.0 Å². The number of benzene rings is 1.